The second kappa shape index (κ2) is 6.28. The van der Waals surface area contributed by atoms with Crippen molar-refractivity contribution in [3.63, 3.8) is 0 Å². The van der Waals surface area contributed by atoms with Crippen LogP contribution in [0.5, 0.6) is 0 Å². The van der Waals surface area contributed by atoms with Crippen molar-refractivity contribution in [3.8, 4) is 0 Å². The van der Waals surface area contributed by atoms with Crippen LogP contribution in [0.4, 0.5) is 5.69 Å². The second-order valence-electron chi connectivity index (χ2n) is 4.11. The Morgan fingerprint density at radius 2 is 2.00 bits per heavy atom. The molecule has 0 aliphatic carbocycles. The summed E-state index contributed by atoms with van der Waals surface area (Å²) in [5.41, 5.74) is 2.12. The summed E-state index contributed by atoms with van der Waals surface area (Å²) in [7, 11) is 3.93. The molecule has 1 aromatic carbocycles. The van der Waals surface area contributed by atoms with E-state index < -0.39 is 0 Å². The van der Waals surface area contributed by atoms with Gasteiger partial charge in [0.1, 0.15) is 0 Å². The Labute approximate surface area is 97.5 Å². The van der Waals surface area contributed by atoms with E-state index in [2.05, 4.69) is 12.2 Å². The molecular formula is C13H20N2O. The molecule has 88 valence electrons. The van der Waals surface area contributed by atoms with Crippen molar-refractivity contribution in [1.29, 1.82) is 0 Å². The van der Waals surface area contributed by atoms with Crippen molar-refractivity contribution >= 4 is 11.6 Å². The van der Waals surface area contributed by atoms with E-state index in [1.54, 1.807) is 0 Å². The highest BCUT2D eigenvalue weighted by molar-refractivity contribution is 5.91. The van der Waals surface area contributed by atoms with E-state index in [0.29, 0.717) is 6.42 Å². The number of para-hydroxylation sites is 1. The summed E-state index contributed by atoms with van der Waals surface area (Å²) in [6.07, 6.45) is 1.47. The van der Waals surface area contributed by atoms with Crippen molar-refractivity contribution in [3.05, 3.63) is 29.8 Å². The van der Waals surface area contributed by atoms with E-state index in [9.17, 15) is 4.79 Å². The van der Waals surface area contributed by atoms with Crippen LogP contribution in [0.15, 0.2) is 24.3 Å². The number of rotatable bonds is 5. The maximum atomic E-state index is 11.6. The standard InChI is InChI=1S/C13H20N2O/c1-4-11-7-5-6-8-12(11)14-13(16)9-10-15(2)3/h5-8H,4,9-10H2,1-3H3,(H,14,16). The van der Waals surface area contributed by atoms with Crippen molar-refractivity contribution < 1.29 is 4.79 Å². The Bertz CT molecular complexity index is 348. The number of benzene rings is 1. The van der Waals surface area contributed by atoms with Crippen LogP contribution in [0, 0.1) is 0 Å². The van der Waals surface area contributed by atoms with Gasteiger partial charge in [0.25, 0.3) is 0 Å². The van der Waals surface area contributed by atoms with Crippen molar-refractivity contribution in [2.45, 2.75) is 19.8 Å². The lowest BCUT2D eigenvalue weighted by Gasteiger charge is -2.11. The van der Waals surface area contributed by atoms with Crippen LogP contribution in [0.3, 0.4) is 0 Å². The second-order valence-corrected chi connectivity index (χ2v) is 4.11. The largest absolute Gasteiger partial charge is 0.326 e. The number of hydrogen-bond donors (Lipinski definition) is 1. The zero-order valence-electron chi connectivity index (χ0n) is 10.3. The molecule has 0 saturated heterocycles. The predicted molar refractivity (Wildman–Crippen MR) is 67.6 cm³/mol. The molecule has 0 saturated carbocycles. The molecule has 3 nitrogen and oxygen atoms in total. The molecule has 0 radical (unpaired) electrons. The number of carbonyl (C=O) groups is 1. The zero-order chi connectivity index (χ0) is 12.0. The summed E-state index contributed by atoms with van der Waals surface area (Å²) in [5.74, 6) is 0.0783. The molecular weight excluding hydrogens is 200 g/mol. The molecule has 16 heavy (non-hydrogen) atoms. The van der Waals surface area contributed by atoms with Gasteiger partial charge in [-0.05, 0) is 32.1 Å². The van der Waals surface area contributed by atoms with Crippen molar-refractivity contribution in [2.75, 3.05) is 26.0 Å². The minimum Gasteiger partial charge on any atom is -0.326 e. The Hall–Kier alpha value is -1.35. The fourth-order valence-corrected chi connectivity index (χ4v) is 1.49. The molecule has 1 N–H and O–H groups in total. The smallest absolute Gasteiger partial charge is 0.225 e. The molecule has 0 bridgehead atoms. The van der Waals surface area contributed by atoms with Gasteiger partial charge in [-0.2, -0.15) is 0 Å². The Morgan fingerprint density at radius 3 is 2.62 bits per heavy atom. The van der Waals surface area contributed by atoms with Crippen LogP contribution in [-0.2, 0) is 11.2 Å². The van der Waals surface area contributed by atoms with E-state index in [1.165, 1.54) is 5.56 Å². The molecule has 0 atom stereocenters. The summed E-state index contributed by atoms with van der Waals surface area (Å²) < 4.78 is 0. The average Bonchev–Trinajstić information content (AvgIpc) is 2.27. The first kappa shape index (κ1) is 12.7. The highest BCUT2D eigenvalue weighted by Gasteiger charge is 2.05. The van der Waals surface area contributed by atoms with Crippen LogP contribution >= 0.6 is 0 Å². The lowest BCUT2D eigenvalue weighted by Crippen LogP contribution is -2.21. The molecule has 0 spiro atoms. The first-order chi connectivity index (χ1) is 7.63. The number of amides is 1. The molecule has 0 heterocycles. The highest BCUT2D eigenvalue weighted by Crippen LogP contribution is 2.15. The number of nitrogens with one attached hydrogen (secondary N) is 1. The third kappa shape index (κ3) is 4.03. The Kier molecular flexibility index (Phi) is 4.99. The van der Waals surface area contributed by atoms with Crippen molar-refractivity contribution in [2.24, 2.45) is 0 Å². The lowest BCUT2D eigenvalue weighted by molar-refractivity contribution is -0.116. The maximum Gasteiger partial charge on any atom is 0.225 e. The highest BCUT2D eigenvalue weighted by atomic mass is 16.1. The molecule has 0 aliphatic heterocycles. The minimum absolute atomic E-state index is 0.0783. The van der Waals surface area contributed by atoms with Crippen molar-refractivity contribution in [1.82, 2.24) is 4.90 Å². The topological polar surface area (TPSA) is 32.3 Å². The van der Waals surface area contributed by atoms with Gasteiger partial charge in [-0.25, -0.2) is 0 Å². The first-order valence-electron chi connectivity index (χ1n) is 5.66. The Morgan fingerprint density at radius 1 is 1.31 bits per heavy atom. The molecule has 0 fully saturated rings. The van der Waals surface area contributed by atoms with E-state index >= 15 is 0 Å². The van der Waals surface area contributed by atoms with E-state index in [1.807, 2.05) is 43.3 Å². The quantitative estimate of drug-likeness (QED) is 0.824. The summed E-state index contributed by atoms with van der Waals surface area (Å²) in [4.78, 5) is 13.7. The summed E-state index contributed by atoms with van der Waals surface area (Å²) >= 11 is 0. The van der Waals surface area contributed by atoms with Crippen LogP contribution in [0.1, 0.15) is 18.9 Å². The maximum absolute atomic E-state index is 11.6. The zero-order valence-corrected chi connectivity index (χ0v) is 10.3. The number of aryl methyl sites for hydroxylation is 1. The molecule has 0 unspecified atom stereocenters. The monoisotopic (exact) mass is 220 g/mol. The fraction of sp³-hybridized carbons (Fsp3) is 0.462. The third-order valence-corrected chi connectivity index (χ3v) is 2.46. The van der Waals surface area contributed by atoms with Crippen LogP contribution in [0.25, 0.3) is 0 Å². The summed E-state index contributed by atoms with van der Waals surface area (Å²) in [6.45, 7) is 2.87. The van der Waals surface area contributed by atoms with Gasteiger partial charge in [-0.3, -0.25) is 4.79 Å². The third-order valence-electron chi connectivity index (χ3n) is 2.46. The molecule has 1 aromatic rings. The molecule has 3 heteroatoms. The van der Waals surface area contributed by atoms with Gasteiger partial charge in [-0.15, -0.1) is 0 Å². The van der Waals surface area contributed by atoms with E-state index in [4.69, 9.17) is 0 Å². The fourth-order valence-electron chi connectivity index (χ4n) is 1.49. The lowest BCUT2D eigenvalue weighted by atomic mass is 10.1. The minimum atomic E-state index is 0.0783. The number of hydrogen-bond acceptors (Lipinski definition) is 2. The number of carbonyl (C=O) groups excluding carboxylic acids is 1. The molecule has 0 aliphatic rings. The predicted octanol–water partition coefficient (Wildman–Crippen LogP) is 2.14. The number of anilines is 1. The van der Waals surface area contributed by atoms with Gasteiger partial charge >= 0.3 is 0 Å². The first-order valence-corrected chi connectivity index (χ1v) is 5.66. The van der Waals surface area contributed by atoms with E-state index in [0.717, 1.165) is 18.7 Å². The van der Waals surface area contributed by atoms with Gasteiger partial charge in [0.15, 0.2) is 0 Å². The van der Waals surface area contributed by atoms with Gasteiger partial charge in [0.2, 0.25) is 5.91 Å². The average molecular weight is 220 g/mol. The molecule has 1 amide bonds. The number of nitrogens with zero attached hydrogens (tertiary/aromatic N) is 1. The van der Waals surface area contributed by atoms with Crippen LogP contribution in [-0.4, -0.2) is 31.4 Å². The van der Waals surface area contributed by atoms with Gasteiger partial charge in [0.05, 0.1) is 0 Å². The van der Waals surface area contributed by atoms with Crippen LogP contribution < -0.4 is 5.32 Å². The Balaban J connectivity index is 2.55. The molecule has 0 aromatic heterocycles. The summed E-state index contributed by atoms with van der Waals surface area (Å²) in [6, 6.07) is 7.93. The van der Waals surface area contributed by atoms with Crippen LogP contribution in [0.2, 0.25) is 0 Å². The van der Waals surface area contributed by atoms with Gasteiger partial charge < -0.3 is 10.2 Å². The summed E-state index contributed by atoms with van der Waals surface area (Å²) in [5, 5.41) is 2.95. The normalized spacial score (nSPS) is 10.5. The van der Waals surface area contributed by atoms with Gasteiger partial charge in [0, 0.05) is 18.7 Å². The van der Waals surface area contributed by atoms with E-state index in [-0.39, 0.29) is 5.91 Å². The van der Waals surface area contributed by atoms with Gasteiger partial charge in [-0.1, -0.05) is 25.1 Å². The SMILES string of the molecule is CCc1ccccc1NC(=O)CCN(C)C. The molecule has 1 rings (SSSR count).